The van der Waals surface area contributed by atoms with Gasteiger partial charge in [-0.15, -0.1) is 0 Å². The van der Waals surface area contributed by atoms with Crippen LogP contribution in [0.25, 0.3) is 0 Å². The standard InChI is InChI=1S/C15H19FN2O3/c1-10-6-3-2-4-9-18(10)15(21)17-12-8-5-7-11(16)13(12)14(19)20/h5,7-8,10H,2-4,6,9H2,1H3,(H,17,21)(H,19,20). The van der Waals surface area contributed by atoms with E-state index in [1.165, 1.54) is 12.1 Å². The Morgan fingerprint density at radius 1 is 1.33 bits per heavy atom. The van der Waals surface area contributed by atoms with E-state index in [-0.39, 0.29) is 17.8 Å². The molecule has 2 rings (SSSR count). The van der Waals surface area contributed by atoms with Crippen LogP contribution in [0.2, 0.25) is 0 Å². The molecule has 1 aromatic carbocycles. The summed E-state index contributed by atoms with van der Waals surface area (Å²) in [6, 6.07) is 3.55. The van der Waals surface area contributed by atoms with Crippen molar-refractivity contribution in [3.8, 4) is 0 Å². The molecule has 114 valence electrons. The van der Waals surface area contributed by atoms with Crippen molar-refractivity contribution in [2.24, 2.45) is 0 Å². The largest absolute Gasteiger partial charge is 0.478 e. The lowest BCUT2D eigenvalue weighted by atomic mass is 10.1. The first-order chi connectivity index (χ1) is 10.0. The van der Waals surface area contributed by atoms with Gasteiger partial charge in [-0.25, -0.2) is 14.0 Å². The molecule has 0 saturated carbocycles. The molecule has 0 spiro atoms. The fourth-order valence-electron chi connectivity index (χ4n) is 2.61. The molecule has 0 aromatic heterocycles. The molecule has 6 heteroatoms. The van der Waals surface area contributed by atoms with Gasteiger partial charge in [0, 0.05) is 12.6 Å². The molecule has 2 N–H and O–H groups in total. The summed E-state index contributed by atoms with van der Waals surface area (Å²) in [6.45, 7) is 2.60. The Balaban J connectivity index is 2.19. The molecular weight excluding hydrogens is 275 g/mol. The first-order valence-corrected chi connectivity index (χ1v) is 7.10. The molecule has 1 heterocycles. The highest BCUT2D eigenvalue weighted by Gasteiger charge is 2.24. The Morgan fingerprint density at radius 3 is 2.81 bits per heavy atom. The SMILES string of the molecule is CC1CCCCCN1C(=O)Nc1cccc(F)c1C(=O)O. The monoisotopic (exact) mass is 294 g/mol. The summed E-state index contributed by atoms with van der Waals surface area (Å²) in [4.78, 5) is 25.1. The van der Waals surface area contributed by atoms with Gasteiger partial charge in [0.25, 0.3) is 0 Å². The fraction of sp³-hybridized carbons (Fsp3) is 0.467. The summed E-state index contributed by atoms with van der Waals surface area (Å²) in [5.74, 6) is -2.25. The van der Waals surface area contributed by atoms with Crippen LogP contribution in [0.4, 0.5) is 14.9 Å². The highest BCUT2D eigenvalue weighted by atomic mass is 19.1. The zero-order chi connectivity index (χ0) is 15.4. The predicted octanol–water partition coefficient (Wildman–Crippen LogP) is 3.32. The molecule has 5 nitrogen and oxygen atoms in total. The quantitative estimate of drug-likeness (QED) is 0.879. The highest BCUT2D eigenvalue weighted by molar-refractivity contribution is 6.00. The molecular formula is C15H19FN2O3. The number of nitrogens with one attached hydrogen (secondary N) is 1. The lowest BCUT2D eigenvalue weighted by Gasteiger charge is -2.27. The maximum Gasteiger partial charge on any atom is 0.340 e. The second-order valence-corrected chi connectivity index (χ2v) is 5.29. The van der Waals surface area contributed by atoms with Gasteiger partial charge in [0.1, 0.15) is 11.4 Å². The number of hydrogen-bond donors (Lipinski definition) is 2. The number of anilines is 1. The lowest BCUT2D eigenvalue weighted by molar-refractivity contribution is 0.0693. The number of benzene rings is 1. The molecule has 1 saturated heterocycles. The van der Waals surface area contributed by atoms with Gasteiger partial charge in [0.15, 0.2) is 0 Å². The number of carboxylic acid groups (broad SMARTS) is 1. The van der Waals surface area contributed by atoms with E-state index < -0.39 is 17.3 Å². The third kappa shape index (κ3) is 3.51. The summed E-state index contributed by atoms with van der Waals surface area (Å²) in [5, 5.41) is 11.6. The van der Waals surface area contributed by atoms with Crippen molar-refractivity contribution in [1.29, 1.82) is 0 Å². The number of amides is 2. The number of hydrogen-bond acceptors (Lipinski definition) is 2. The zero-order valence-electron chi connectivity index (χ0n) is 11.9. The average molecular weight is 294 g/mol. The molecule has 1 aliphatic heterocycles. The summed E-state index contributed by atoms with van der Waals surface area (Å²) >= 11 is 0. The number of rotatable bonds is 2. The van der Waals surface area contributed by atoms with E-state index in [1.54, 1.807) is 4.90 Å². The van der Waals surface area contributed by atoms with E-state index in [0.29, 0.717) is 6.54 Å². The Kier molecular flexibility index (Phi) is 4.77. The number of carboxylic acids is 1. The first-order valence-electron chi connectivity index (χ1n) is 7.10. The Bertz CT molecular complexity index is 548. The summed E-state index contributed by atoms with van der Waals surface area (Å²) in [6.07, 6.45) is 3.99. The van der Waals surface area contributed by atoms with Crippen molar-refractivity contribution in [1.82, 2.24) is 4.90 Å². The maximum atomic E-state index is 13.6. The number of likely N-dealkylation sites (tertiary alicyclic amines) is 1. The van der Waals surface area contributed by atoms with Gasteiger partial charge < -0.3 is 15.3 Å². The topological polar surface area (TPSA) is 69.6 Å². The van der Waals surface area contributed by atoms with E-state index in [4.69, 9.17) is 5.11 Å². The minimum absolute atomic E-state index is 0.0102. The molecule has 0 bridgehead atoms. The van der Waals surface area contributed by atoms with Crippen molar-refractivity contribution in [2.75, 3.05) is 11.9 Å². The van der Waals surface area contributed by atoms with Gasteiger partial charge in [-0.1, -0.05) is 18.9 Å². The van der Waals surface area contributed by atoms with Gasteiger partial charge >= 0.3 is 12.0 Å². The van der Waals surface area contributed by atoms with Crippen molar-refractivity contribution in [2.45, 2.75) is 38.6 Å². The Hall–Kier alpha value is -2.11. The predicted molar refractivity (Wildman–Crippen MR) is 77.0 cm³/mol. The van der Waals surface area contributed by atoms with Gasteiger partial charge in [0.2, 0.25) is 0 Å². The highest BCUT2D eigenvalue weighted by Crippen LogP contribution is 2.22. The van der Waals surface area contributed by atoms with Crippen LogP contribution in [0, 0.1) is 5.82 Å². The van der Waals surface area contributed by atoms with Crippen LogP contribution in [-0.2, 0) is 0 Å². The third-order valence-corrected chi connectivity index (χ3v) is 3.78. The maximum absolute atomic E-state index is 13.6. The van der Waals surface area contributed by atoms with Crippen molar-refractivity contribution in [3.63, 3.8) is 0 Å². The first kappa shape index (κ1) is 15.3. The van der Waals surface area contributed by atoms with Crippen molar-refractivity contribution < 1.29 is 19.1 Å². The zero-order valence-corrected chi connectivity index (χ0v) is 11.9. The molecule has 1 atom stereocenters. The van der Waals surface area contributed by atoms with E-state index in [1.807, 2.05) is 6.92 Å². The molecule has 2 amide bonds. The normalized spacial score (nSPS) is 19.0. The molecule has 1 unspecified atom stereocenters. The van der Waals surface area contributed by atoms with E-state index in [2.05, 4.69) is 5.32 Å². The number of nitrogens with zero attached hydrogens (tertiary/aromatic N) is 1. The van der Waals surface area contributed by atoms with E-state index in [9.17, 15) is 14.0 Å². The molecule has 21 heavy (non-hydrogen) atoms. The smallest absolute Gasteiger partial charge is 0.340 e. The van der Waals surface area contributed by atoms with Gasteiger partial charge in [-0.3, -0.25) is 0 Å². The van der Waals surface area contributed by atoms with Crippen molar-refractivity contribution >= 4 is 17.7 Å². The van der Waals surface area contributed by atoms with Crippen LogP contribution < -0.4 is 5.32 Å². The van der Waals surface area contributed by atoms with Gasteiger partial charge in [-0.05, 0) is 31.9 Å². The fourth-order valence-corrected chi connectivity index (χ4v) is 2.61. The molecule has 1 aliphatic rings. The van der Waals surface area contributed by atoms with Gasteiger partial charge in [0.05, 0.1) is 5.69 Å². The summed E-state index contributed by atoms with van der Waals surface area (Å²) < 4.78 is 13.6. The molecule has 0 radical (unpaired) electrons. The average Bonchev–Trinajstić information content (AvgIpc) is 2.63. The van der Waals surface area contributed by atoms with Crippen LogP contribution in [0.5, 0.6) is 0 Å². The Morgan fingerprint density at radius 2 is 2.10 bits per heavy atom. The number of aromatic carboxylic acids is 1. The summed E-state index contributed by atoms with van der Waals surface area (Å²) in [5.41, 5.74) is -0.516. The molecule has 0 aliphatic carbocycles. The van der Waals surface area contributed by atoms with E-state index >= 15 is 0 Å². The van der Waals surface area contributed by atoms with Crippen LogP contribution in [0.3, 0.4) is 0 Å². The van der Waals surface area contributed by atoms with Gasteiger partial charge in [-0.2, -0.15) is 0 Å². The summed E-state index contributed by atoms with van der Waals surface area (Å²) in [7, 11) is 0. The van der Waals surface area contributed by atoms with Crippen molar-refractivity contribution in [3.05, 3.63) is 29.6 Å². The number of carbonyl (C=O) groups is 2. The van der Waals surface area contributed by atoms with Crippen LogP contribution in [0.15, 0.2) is 18.2 Å². The number of urea groups is 1. The Labute approximate surface area is 122 Å². The number of halogens is 1. The van der Waals surface area contributed by atoms with Crippen LogP contribution in [0.1, 0.15) is 43.0 Å². The number of carbonyl (C=O) groups excluding carboxylic acids is 1. The second-order valence-electron chi connectivity index (χ2n) is 5.29. The second kappa shape index (κ2) is 6.56. The third-order valence-electron chi connectivity index (χ3n) is 3.78. The lowest BCUT2D eigenvalue weighted by Crippen LogP contribution is -2.41. The minimum Gasteiger partial charge on any atom is -0.478 e. The minimum atomic E-state index is -1.40. The van der Waals surface area contributed by atoms with Crippen LogP contribution in [-0.4, -0.2) is 34.6 Å². The molecule has 1 fully saturated rings. The van der Waals surface area contributed by atoms with E-state index in [0.717, 1.165) is 31.7 Å². The molecule has 1 aromatic rings. The van der Waals surface area contributed by atoms with Crippen LogP contribution >= 0.6 is 0 Å².